The molecule has 0 bridgehead atoms. The van der Waals surface area contributed by atoms with Gasteiger partial charge >= 0.3 is 0 Å². The molecule has 32 heavy (non-hydrogen) atoms. The molecule has 2 saturated heterocycles. The lowest BCUT2D eigenvalue weighted by Crippen LogP contribution is -2.20. The molecule has 10 heteroatoms. The molecule has 2 aromatic heterocycles. The average molecular weight is 460 g/mol. The van der Waals surface area contributed by atoms with Gasteiger partial charge in [-0.05, 0) is 44.0 Å². The maximum Gasteiger partial charge on any atom is 0.214 e. The van der Waals surface area contributed by atoms with Gasteiger partial charge in [-0.15, -0.1) is 0 Å². The Hall–Kier alpha value is -2.75. The SMILES string of the molecule is Fc1c(Nc2ncnc3ccc(O[C@H]4CCNC4)nc23)ccc(OC[C@H]2CCCO2)c1Cl. The minimum absolute atomic E-state index is 0.0156. The van der Waals surface area contributed by atoms with Crippen LogP contribution in [-0.2, 0) is 4.74 Å². The van der Waals surface area contributed by atoms with Crippen LogP contribution in [0.1, 0.15) is 19.3 Å². The largest absolute Gasteiger partial charge is 0.489 e. The lowest BCUT2D eigenvalue weighted by molar-refractivity contribution is 0.0679. The normalized spacial score (nSPS) is 20.6. The molecule has 2 aliphatic rings. The molecule has 0 spiro atoms. The second-order valence-corrected chi connectivity index (χ2v) is 8.16. The number of aromatic nitrogens is 3. The molecular weight excluding hydrogens is 437 g/mol. The fourth-order valence-corrected chi connectivity index (χ4v) is 4.02. The van der Waals surface area contributed by atoms with E-state index in [1.165, 1.54) is 6.33 Å². The zero-order valence-electron chi connectivity index (χ0n) is 17.3. The highest BCUT2D eigenvalue weighted by Gasteiger charge is 2.20. The first kappa shape index (κ1) is 21.1. The molecule has 0 radical (unpaired) electrons. The van der Waals surface area contributed by atoms with Crippen molar-refractivity contribution in [3.63, 3.8) is 0 Å². The number of pyridine rings is 1. The Balaban J connectivity index is 1.36. The zero-order chi connectivity index (χ0) is 21.9. The van der Waals surface area contributed by atoms with E-state index in [-0.39, 0.29) is 28.7 Å². The van der Waals surface area contributed by atoms with Crippen LogP contribution in [0.15, 0.2) is 30.6 Å². The summed E-state index contributed by atoms with van der Waals surface area (Å²) in [6.07, 6.45) is 4.33. The van der Waals surface area contributed by atoms with Crippen LogP contribution in [0.4, 0.5) is 15.9 Å². The standard InChI is InChI=1S/C22H23ClFN5O3/c23-19-17(31-11-14-2-1-9-30-14)5-3-15(20(19)24)28-22-21-16(26-12-27-22)4-6-18(29-21)32-13-7-8-25-10-13/h3-6,12-14,25H,1-2,7-11H2,(H,26,27,28)/t13-,14+/m0/s1. The van der Waals surface area contributed by atoms with Crippen molar-refractivity contribution in [3.05, 3.63) is 41.4 Å². The highest BCUT2D eigenvalue weighted by Crippen LogP contribution is 2.34. The van der Waals surface area contributed by atoms with Gasteiger partial charge in [0, 0.05) is 19.2 Å². The van der Waals surface area contributed by atoms with Gasteiger partial charge < -0.3 is 24.8 Å². The quantitative estimate of drug-likeness (QED) is 0.550. The predicted molar refractivity (Wildman–Crippen MR) is 118 cm³/mol. The van der Waals surface area contributed by atoms with Crippen LogP contribution >= 0.6 is 11.6 Å². The predicted octanol–water partition coefficient (Wildman–Crippen LogP) is 3.86. The van der Waals surface area contributed by atoms with Crippen LogP contribution in [0, 0.1) is 5.82 Å². The number of ether oxygens (including phenoxy) is 3. The van der Waals surface area contributed by atoms with Crippen molar-refractivity contribution in [2.24, 2.45) is 0 Å². The molecule has 168 valence electrons. The molecule has 0 aliphatic carbocycles. The van der Waals surface area contributed by atoms with Crippen LogP contribution in [0.25, 0.3) is 11.0 Å². The minimum Gasteiger partial charge on any atom is -0.489 e. The molecule has 1 aromatic carbocycles. The second kappa shape index (κ2) is 9.40. The van der Waals surface area contributed by atoms with E-state index in [1.54, 1.807) is 24.3 Å². The van der Waals surface area contributed by atoms with Gasteiger partial charge in [0.05, 0.1) is 17.3 Å². The van der Waals surface area contributed by atoms with Crippen molar-refractivity contribution >= 4 is 34.1 Å². The minimum atomic E-state index is -0.632. The Morgan fingerprint density at radius 1 is 1.22 bits per heavy atom. The van der Waals surface area contributed by atoms with Crippen LogP contribution in [0.3, 0.4) is 0 Å². The van der Waals surface area contributed by atoms with E-state index in [1.807, 2.05) is 0 Å². The Labute approximate surface area is 189 Å². The van der Waals surface area contributed by atoms with Crippen molar-refractivity contribution in [3.8, 4) is 11.6 Å². The van der Waals surface area contributed by atoms with Gasteiger partial charge in [-0.2, -0.15) is 0 Å². The number of anilines is 2. The van der Waals surface area contributed by atoms with Crippen LogP contribution in [-0.4, -0.2) is 53.5 Å². The monoisotopic (exact) mass is 459 g/mol. The molecule has 4 heterocycles. The molecular formula is C22H23ClFN5O3. The van der Waals surface area contributed by atoms with Gasteiger partial charge in [-0.1, -0.05) is 11.6 Å². The summed E-state index contributed by atoms with van der Waals surface area (Å²) >= 11 is 6.23. The van der Waals surface area contributed by atoms with Gasteiger partial charge in [-0.25, -0.2) is 19.3 Å². The highest BCUT2D eigenvalue weighted by atomic mass is 35.5. The van der Waals surface area contributed by atoms with Crippen molar-refractivity contribution in [1.82, 2.24) is 20.3 Å². The van der Waals surface area contributed by atoms with E-state index in [2.05, 4.69) is 25.6 Å². The number of rotatable bonds is 7. The molecule has 3 aromatic rings. The topological polar surface area (TPSA) is 90.4 Å². The summed E-state index contributed by atoms with van der Waals surface area (Å²) in [6, 6.07) is 6.76. The summed E-state index contributed by atoms with van der Waals surface area (Å²) in [5.41, 5.74) is 1.25. The number of halogens is 2. The average Bonchev–Trinajstić information content (AvgIpc) is 3.51. The Morgan fingerprint density at radius 2 is 2.16 bits per heavy atom. The first-order valence-corrected chi connectivity index (χ1v) is 11.0. The summed E-state index contributed by atoms with van der Waals surface area (Å²) in [5, 5.41) is 6.13. The molecule has 0 unspecified atom stereocenters. The number of nitrogens with zero attached hydrogens (tertiary/aromatic N) is 3. The van der Waals surface area contributed by atoms with Gasteiger partial charge in [0.2, 0.25) is 5.88 Å². The van der Waals surface area contributed by atoms with Gasteiger partial charge in [-0.3, -0.25) is 0 Å². The number of benzene rings is 1. The van der Waals surface area contributed by atoms with Crippen LogP contribution in [0.5, 0.6) is 11.6 Å². The molecule has 8 nitrogen and oxygen atoms in total. The third kappa shape index (κ3) is 4.55. The van der Waals surface area contributed by atoms with Gasteiger partial charge in [0.1, 0.15) is 35.3 Å². The summed E-state index contributed by atoms with van der Waals surface area (Å²) < 4.78 is 32.1. The van der Waals surface area contributed by atoms with E-state index in [4.69, 9.17) is 25.8 Å². The van der Waals surface area contributed by atoms with E-state index in [0.717, 1.165) is 39.0 Å². The van der Waals surface area contributed by atoms with E-state index < -0.39 is 5.82 Å². The van der Waals surface area contributed by atoms with E-state index in [9.17, 15) is 4.39 Å². The molecule has 2 N–H and O–H groups in total. The fraction of sp³-hybridized carbons (Fsp3) is 0.409. The highest BCUT2D eigenvalue weighted by molar-refractivity contribution is 6.32. The Bertz CT molecular complexity index is 1110. The summed E-state index contributed by atoms with van der Waals surface area (Å²) in [5.74, 6) is 0.470. The maximum absolute atomic E-state index is 15.0. The van der Waals surface area contributed by atoms with Gasteiger partial charge in [0.25, 0.3) is 0 Å². The fourth-order valence-electron chi connectivity index (χ4n) is 3.80. The molecule has 2 aliphatic heterocycles. The summed E-state index contributed by atoms with van der Waals surface area (Å²) in [7, 11) is 0. The number of hydrogen-bond acceptors (Lipinski definition) is 8. The van der Waals surface area contributed by atoms with Crippen molar-refractivity contribution in [2.75, 3.05) is 31.6 Å². The lowest BCUT2D eigenvalue weighted by atomic mass is 10.2. The zero-order valence-corrected chi connectivity index (χ0v) is 18.1. The van der Waals surface area contributed by atoms with Gasteiger partial charge in [0.15, 0.2) is 11.6 Å². The first-order chi connectivity index (χ1) is 15.7. The number of nitrogens with one attached hydrogen (secondary N) is 2. The van der Waals surface area contributed by atoms with Crippen LogP contribution in [0.2, 0.25) is 5.02 Å². The summed E-state index contributed by atoms with van der Waals surface area (Å²) in [4.78, 5) is 13.0. The Kier molecular flexibility index (Phi) is 6.20. The molecule has 0 amide bonds. The maximum atomic E-state index is 15.0. The molecule has 5 rings (SSSR count). The first-order valence-electron chi connectivity index (χ1n) is 10.7. The third-order valence-electron chi connectivity index (χ3n) is 5.51. The van der Waals surface area contributed by atoms with Crippen molar-refractivity contribution in [2.45, 2.75) is 31.5 Å². The second-order valence-electron chi connectivity index (χ2n) is 7.78. The van der Waals surface area contributed by atoms with Crippen molar-refractivity contribution in [1.29, 1.82) is 0 Å². The van der Waals surface area contributed by atoms with E-state index >= 15 is 0 Å². The number of hydrogen-bond donors (Lipinski definition) is 2. The Morgan fingerprint density at radius 3 is 2.97 bits per heavy atom. The smallest absolute Gasteiger partial charge is 0.214 e. The lowest BCUT2D eigenvalue weighted by Gasteiger charge is -2.15. The molecule has 2 atom stereocenters. The van der Waals surface area contributed by atoms with E-state index in [0.29, 0.717) is 29.3 Å². The third-order valence-corrected chi connectivity index (χ3v) is 5.86. The summed E-state index contributed by atoms with van der Waals surface area (Å²) in [6.45, 7) is 2.76. The number of fused-ring (bicyclic) bond motifs is 1. The van der Waals surface area contributed by atoms with Crippen molar-refractivity contribution < 1.29 is 18.6 Å². The van der Waals surface area contributed by atoms with Crippen LogP contribution < -0.4 is 20.1 Å². The molecule has 2 fully saturated rings. The molecule has 0 saturated carbocycles.